The highest BCUT2D eigenvalue weighted by Gasteiger charge is 2.37. The molecule has 4 aliphatic rings. The monoisotopic (exact) mass is 614 g/mol. The van der Waals surface area contributed by atoms with Gasteiger partial charge in [0, 0.05) is 74.9 Å². The molecule has 12 nitrogen and oxygen atoms in total. The summed E-state index contributed by atoms with van der Waals surface area (Å²) in [5, 5.41) is 18.5. The minimum atomic E-state index is -0.440. The number of aromatic nitrogens is 5. The van der Waals surface area contributed by atoms with E-state index in [-0.39, 0.29) is 11.1 Å². The van der Waals surface area contributed by atoms with E-state index in [1.807, 2.05) is 15.3 Å². The van der Waals surface area contributed by atoms with Crippen LogP contribution in [0, 0.1) is 5.82 Å². The van der Waals surface area contributed by atoms with Gasteiger partial charge in [0.15, 0.2) is 11.6 Å². The van der Waals surface area contributed by atoms with E-state index in [2.05, 4.69) is 15.2 Å². The van der Waals surface area contributed by atoms with Crippen LogP contribution in [0.3, 0.4) is 0 Å². The second-order valence-electron chi connectivity index (χ2n) is 12.3. The molecule has 0 atom stereocenters. The van der Waals surface area contributed by atoms with Gasteiger partial charge in [-0.1, -0.05) is 0 Å². The lowest BCUT2D eigenvalue weighted by molar-refractivity contribution is -0.0735. The summed E-state index contributed by atoms with van der Waals surface area (Å²) in [5.74, 6) is 0.00196. The van der Waals surface area contributed by atoms with E-state index in [4.69, 9.17) is 9.84 Å². The third-order valence-electron chi connectivity index (χ3n) is 9.66. The van der Waals surface area contributed by atoms with Crippen LogP contribution < -0.4 is 15.8 Å². The number of aliphatic hydroxyl groups is 1. The lowest BCUT2D eigenvalue weighted by Gasteiger charge is -2.39. The van der Waals surface area contributed by atoms with E-state index in [1.165, 1.54) is 9.47 Å². The maximum Gasteiger partial charge on any atom is 0.274 e. The van der Waals surface area contributed by atoms with Crippen molar-refractivity contribution in [3.8, 4) is 11.1 Å². The molecular weight excluding hydrogens is 579 g/mol. The van der Waals surface area contributed by atoms with Crippen LogP contribution in [0.2, 0.25) is 0 Å². The minimum Gasteiger partial charge on any atom is -0.392 e. The molecule has 0 saturated carbocycles. The Morgan fingerprint density at radius 2 is 1.96 bits per heavy atom. The molecule has 1 saturated heterocycles. The lowest BCUT2D eigenvalue weighted by Crippen LogP contribution is -2.51. The smallest absolute Gasteiger partial charge is 0.274 e. The van der Waals surface area contributed by atoms with E-state index in [1.54, 1.807) is 31.6 Å². The summed E-state index contributed by atoms with van der Waals surface area (Å²) < 4.78 is 26.3. The molecule has 8 rings (SSSR count). The topological polar surface area (TPSA) is 123 Å². The van der Waals surface area contributed by atoms with Crippen molar-refractivity contribution < 1.29 is 19.0 Å². The second-order valence-corrected chi connectivity index (χ2v) is 12.3. The zero-order valence-corrected chi connectivity index (χ0v) is 25.1. The first kappa shape index (κ1) is 28.2. The van der Waals surface area contributed by atoms with Crippen molar-refractivity contribution in [3.05, 3.63) is 75.0 Å². The third kappa shape index (κ3) is 4.60. The molecule has 13 heteroatoms. The highest BCUT2D eigenvalue weighted by molar-refractivity contribution is 6.08. The molecule has 0 unspecified atom stereocenters. The lowest BCUT2D eigenvalue weighted by atomic mass is 10.00. The van der Waals surface area contributed by atoms with Crippen LogP contribution in [-0.2, 0) is 50.9 Å². The van der Waals surface area contributed by atoms with E-state index in [0.717, 1.165) is 63.6 Å². The van der Waals surface area contributed by atoms with Crippen molar-refractivity contribution in [2.24, 2.45) is 7.05 Å². The van der Waals surface area contributed by atoms with Crippen molar-refractivity contribution in [3.63, 3.8) is 0 Å². The predicted molar refractivity (Wildman–Crippen MR) is 164 cm³/mol. The fourth-order valence-corrected chi connectivity index (χ4v) is 7.22. The Kier molecular flexibility index (Phi) is 6.84. The van der Waals surface area contributed by atoms with Gasteiger partial charge in [0.2, 0.25) is 0 Å². The second kappa shape index (κ2) is 10.9. The number of hydrogen-bond acceptors (Lipinski definition) is 8. The Morgan fingerprint density at radius 3 is 2.76 bits per heavy atom. The van der Waals surface area contributed by atoms with Crippen molar-refractivity contribution >= 4 is 23.2 Å². The zero-order valence-electron chi connectivity index (χ0n) is 25.1. The largest absolute Gasteiger partial charge is 0.392 e. The number of carbonyl (C=O) groups excluding carboxylic acids is 1. The van der Waals surface area contributed by atoms with Gasteiger partial charge in [0.25, 0.3) is 11.5 Å². The van der Waals surface area contributed by atoms with Gasteiger partial charge in [0.05, 0.1) is 49.4 Å². The third-order valence-corrected chi connectivity index (χ3v) is 9.66. The fourth-order valence-electron chi connectivity index (χ4n) is 7.22. The summed E-state index contributed by atoms with van der Waals surface area (Å²) >= 11 is 0. The number of ether oxygens (including phenoxy) is 1. The van der Waals surface area contributed by atoms with E-state index in [0.29, 0.717) is 65.1 Å². The van der Waals surface area contributed by atoms with Crippen LogP contribution >= 0.6 is 0 Å². The molecule has 234 valence electrons. The van der Waals surface area contributed by atoms with Gasteiger partial charge >= 0.3 is 0 Å². The number of aryl methyl sites for hydroxylation is 1. The van der Waals surface area contributed by atoms with Gasteiger partial charge in [-0.25, -0.2) is 9.37 Å². The number of halogens is 1. The van der Waals surface area contributed by atoms with Crippen molar-refractivity contribution in [2.45, 2.75) is 58.0 Å². The van der Waals surface area contributed by atoms with Crippen molar-refractivity contribution in [2.75, 3.05) is 36.5 Å². The predicted octanol–water partition coefficient (Wildman–Crippen LogP) is 2.57. The maximum absolute atomic E-state index is 15.5. The number of anilines is 3. The first-order valence-corrected chi connectivity index (χ1v) is 15.6. The van der Waals surface area contributed by atoms with Crippen LogP contribution in [0.1, 0.15) is 45.8 Å². The first-order valence-electron chi connectivity index (χ1n) is 15.6. The Bertz CT molecular complexity index is 1890. The van der Waals surface area contributed by atoms with E-state index in [9.17, 15) is 14.7 Å². The number of carbonyl (C=O) groups is 1. The van der Waals surface area contributed by atoms with Gasteiger partial charge in [-0.3, -0.25) is 24.1 Å². The summed E-state index contributed by atoms with van der Waals surface area (Å²) in [7, 11) is 1.67. The summed E-state index contributed by atoms with van der Waals surface area (Å²) in [6.45, 7) is 4.60. The molecule has 2 N–H and O–H groups in total. The van der Waals surface area contributed by atoms with Crippen LogP contribution in [-0.4, -0.2) is 72.2 Å². The quantitative estimate of drug-likeness (QED) is 0.340. The summed E-state index contributed by atoms with van der Waals surface area (Å²) in [5.41, 5.74) is 4.36. The Hall–Kier alpha value is -4.33. The number of nitrogens with zero attached hydrogens (tertiary/aromatic N) is 7. The number of pyridine rings is 2. The number of hydrogen-bond donors (Lipinski definition) is 2. The molecule has 4 aromatic rings. The van der Waals surface area contributed by atoms with Crippen LogP contribution in [0.4, 0.5) is 21.7 Å². The Morgan fingerprint density at radius 1 is 1.09 bits per heavy atom. The molecule has 1 fully saturated rings. The molecule has 0 aromatic carbocycles. The van der Waals surface area contributed by atoms with E-state index >= 15 is 4.39 Å². The van der Waals surface area contributed by atoms with Gasteiger partial charge in [-0.05, 0) is 37.0 Å². The van der Waals surface area contributed by atoms with Crippen LogP contribution in [0.15, 0.2) is 35.4 Å². The van der Waals surface area contributed by atoms with Crippen molar-refractivity contribution in [1.29, 1.82) is 0 Å². The Balaban J connectivity index is 1.11. The molecule has 0 spiro atoms. The molecule has 0 aliphatic carbocycles. The molecule has 0 radical (unpaired) electrons. The van der Waals surface area contributed by atoms with Gasteiger partial charge in [-0.15, -0.1) is 0 Å². The summed E-state index contributed by atoms with van der Waals surface area (Å²) in [4.78, 5) is 35.4. The Labute approximate surface area is 258 Å². The molecule has 4 aromatic heterocycles. The number of fused-ring (bicyclic) bond motifs is 4. The summed E-state index contributed by atoms with van der Waals surface area (Å²) in [6.07, 6.45) is 6.28. The van der Waals surface area contributed by atoms with Crippen molar-refractivity contribution in [1.82, 2.24) is 28.8 Å². The number of rotatable bonds is 6. The highest BCUT2D eigenvalue weighted by Crippen LogP contribution is 2.36. The fraction of sp³-hybridized carbons (Fsp3) is 0.438. The van der Waals surface area contributed by atoms with Gasteiger partial charge < -0.3 is 24.3 Å². The first-order chi connectivity index (χ1) is 21.9. The number of amides is 1. The molecule has 4 aliphatic heterocycles. The SMILES string of the molecule is Cn1cc(-c2ccnc(N3CCc4c(c(F)c5n4CCCC5)C3=O)c2CO)cc(Nc2cc3n(n2)CCN(C2COC2)C3)c1=O. The molecule has 8 heterocycles. The summed E-state index contributed by atoms with van der Waals surface area (Å²) in [6, 6.07) is 5.89. The molecule has 0 bridgehead atoms. The average Bonchev–Trinajstić information content (AvgIpc) is 3.56. The molecule has 45 heavy (non-hydrogen) atoms. The van der Waals surface area contributed by atoms with E-state index < -0.39 is 18.3 Å². The average molecular weight is 615 g/mol. The molecule has 1 amide bonds. The van der Waals surface area contributed by atoms with Crippen LogP contribution in [0.5, 0.6) is 0 Å². The normalized spacial score (nSPS) is 18.4. The maximum atomic E-state index is 15.5. The minimum absolute atomic E-state index is 0.120. The zero-order chi connectivity index (χ0) is 30.8. The van der Waals surface area contributed by atoms with Crippen LogP contribution in [0.25, 0.3) is 11.1 Å². The standard InChI is InChI=1S/C32H35FN8O4/c1-37-14-19(12-24(31(37)43)35-27-13-20-15-38(21-17-45-18-21)10-11-41(20)36-27)22-5-7-34-30(23(22)16-42)40-9-6-25-28(32(40)44)29(33)26-4-2-3-8-39(25)26/h5,7,12-14,21,42H,2-4,6,8-11,15-18H2,1H3,(H,35,36). The number of aliphatic hydroxyl groups excluding tert-OH is 1. The number of nitrogens with one attached hydrogen (secondary N) is 1. The molecular formula is C32H35FN8O4. The van der Waals surface area contributed by atoms with Gasteiger partial charge in [0.1, 0.15) is 11.5 Å². The highest BCUT2D eigenvalue weighted by atomic mass is 19.1. The van der Waals surface area contributed by atoms with Gasteiger partial charge in [-0.2, -0.15) is 5.10 Å².